The Morgan fingerprint density at radius 2 is 2.07 bits per heavy atom. The molecule has 5 aliphatic carbocycles. The minimum absolute atomic E-state index is 0.0866. The number of nitrogens with zero attached hydrogens (tertiary/aromatic N) is 1. The molecule has 0 saturated heterocycles. The molecule has 0 aromatic carbocycles. The summed E-state index contributed by atoms with van der Waals surface area (Å²) in [4.78, 5) is 0. The molecular weight excluding hydrogens is 354 g/mol. The molecule has 5 heteroatoms. The van der Waals surface area contributed by atoms with Gasteiger partial charge in [-0.15, -0.1) is 0 Å². The van der Waals surface area contributed by atoms with Crippen molar-refractivity contribution in [3.63, 3.8) is 0 Å². The van der Waals surface area contributed by atoms with Crippen molar-refractivity contribution in [3.05, 3.63) is 23.8 Å². The second kappa shape index (κ2) is 5.71. The van der Waals surface area contributed by atoms with Crippen LogP contribution in [0.3, 0.4) is 0 Å². The minimum Gasteiger partial charge on any atom is -0.411 e. The maximum atomic E-state index is 10.2. The Kier molecular flexibility index (Phi) is 3.60. The largest absolute Gasteiger partial charge is 0.411 e. The summed E-state index contributed by atoms with van der Waals surface area (Å²) >= 11 is 0. The van der Waals surface area contributed by atoms with E-state index in [1.807, 2.05) is 6.08 Å². The average molecular weight is 386 g/mol. The van der Waals surface area contributed by atoms with Crippen LogP contribution in [0.25, 0.3) is 0 Å². The fraction of sp³-hybridized carbons (Fsp3) is 0.783. The molecule has 1 heterocycles. The van der Waals surface area contributed by atoms with E-state index >= 15 is 0 Å². The molecule has 0 amide bonds. The first kappa shape index (κ1) is 17.7. The lowest BCUT2D eigenvalue weighted by atomic mass is 9.48. The van der Waals surface area contributed by atoms with Crippen molar-refractivity contribution in [2.24, 2.45) is 52.0 Å². The van der Waals surface area contributed by atoms with Crippen molar-refractivity contribution in [2.45, 2.75) is 57.3 Å². The summed E-state index contributed by atoms with van der Waals surface area (Å²) in [6.07, 6.45) is 11.9. The molecule has 1 aliphatic heterocycles. The highest BCUT2D eigenvalue weighted by atomic mass is 16.6. The van der Waals surface area contributed by atoms with Gasteiger partial charge in [-0.3, -0.25) is 0 Å². The van der Waals surface area contributed by atoms with E-state index in [4.69, 9.17) is 4.74 Å². The Morgan fingerprint density at radius 1 is 1.21 bits per heavy atom. The number of fused-ring (bicyclic) bond motifs is 9. The van der Waals surface area contributed by atoms with E-state index in [1.165, 1.54) is 18.4 Å². The highest BCUT2D eigenvalue weighted by molar-refractivity contribution is 5.96. The highest BCUT2D eigenvalue weighted by Gasteiger charge is 2.77. The number of hydrogen-bond donors (Lipinski definition) is 3. The van der Waals surface area contributed by atoms with Crippen molar-refractivity contribution in [3.8, 4) is 0 Å². The number of aliphatic hydroxyl groups is 2. The smallest absolute Gasteiger partial charge is 0.175 e. The van der Waals surface area contributed by atoms with E-state index < -0.39 is 6.29 Å². The van der Waals surface area contributed by atoms with Crippen molar-refractivity contribution in [2.75, 3.05) is 6.61 Å². The lowest BCUT2D eigenvalue weighted by Crippen LogP contribution is -2.56. The van der Waals surface area contributed by atoms with Crippen LogP contribution in [-0.2, 0) is 4.74 Å². The standard InChI is InChI=1S/C23H31NO4/c1-22-6-4-15-14-3-2-13(24-27)9-16(14)12(11-25)8-17(15)21(22)18-10-19(18)23(22)7-5-20(26)28-23/h5,7,9,12,14-15,17-21,25-27H,2-4,6,8,10-11H2,1H3/b24-13+/t12-,14+,15?,17?,18-,19+,20?,21?,22-,23-/m0/s1. The van der Waals surface area contributed by atoms with Gasteiger partial charge in [-0.25, -0.2) is 0 Å². The molecule has 5 nitrogen and oxygen atoms in total. The molecule has 1 spiro atoms. The normalized spacial score (nSPS) is 57.5. The predicted molar refractivity (Wildman–Crippen MR) is 104 cm³/mol. The lowest BCUT2D eigenvalue weighted by Gasteiger charge is -2.58. The van der Waals surface area contributed by atoms with Crippen molar-refractivity contribution < 1.29 is 20.2 Å². The van der Waals surface area contributed by atoms with Gasteiger partial charge in [0.2, 0.25) is 0 Å². The summed E-state index contributed by atoms with van der Waals surface area (Å²) in [6.45, 7) is 2.60. The highest BCUT2D eigenvalue weighted by Crippen LogP contribution is 2.78. The molecule has 4 saturated carbocycles. The van der Waals surface area contributed by atoms with Crippen LogP contribution in [0.4, 0.5) is 0 Å². The van der Waals surface area contributed by atoms with Crippen LogP contribution in [-0.4, -0.2) is 39.6 Å². The van der Waals surface area contributed by atoms with Crippen LogP contribution < -0.4 is 0 Å². The van der Waals surface area contributed by atoms with Crippen molar-refractivity contribution in [1.82, 2.24) is 0 Å². The summed E-state index contributed by atoms with van der Waals surface area (Å²) in [5, 5.41) is 33.0. The van der Waals surface area contributed by atoms with Crippen LogP contribution in [0.15, 0.2) is 29.0 Å². The zero-order valence-corrected chi connectivity index (χ0v) is 16.5. The SMILES string of the molecule is C[C@]12CCC3C(C[C@@H](CO)C4=C/C(=N/O)CC[C@@H]43)C1[C@H]1C[C@H]1[C@@]21C=CC(O)O1. The first-order chi connectivity index (χ1) is 13.5. The van der Waals surface area contributed by atoms with Gasteiger partial charge in [-0.05, 0) is 86.2 Å². The number of aliphatic hydroxyl groups excluding tert-OH is 2. The van der Waals surface area contributed by atoms with E-state index in [-0.39, 0.29) is 23.5 Å². The molecule has 4 fully saturated rings. The molecule has 0 aromatic rings. The van der Waals surface area contributed by atoms with E-state index in [9.17, 15) is 15.4 Å². The number of oxime groups is 1. The van der Waals surface area contributed by atoms with Crippen LogP contribution in [0, 0.1) is 46.8 Å². The molecular formula is C23H31NO4. The van der Waals surface area contributed by atoms with E-state index in [1.54, 1.807) is 0 Å². The maximum Gasteiger partial charge on any atom is 0.175 e. The Labute approximate surface area is 166 Å². The molecule has 10 atom stereocenters. The number of hydrogen-bond acceptors (Lipinski definition) is 5. The summed E-state index contributed by atoms with van der Waals surface area (Å²) < 4.78 is 6.24. The third-order valence-electron chi connectivity index (χ3n) is 9.68. The van der Waals surface area contributed by atoms with Crippen LogP contribution in [0.5, 0.6) is 0 Å². The van der Waals surface area contributed by atoms with Gasteiger partial charge in [0.1, 0.15) is 0 Å². The Balaban J connectivity index is 1.38. The van der Waals surface area contributed by atoms with Crippen molar-refractivity contribution >= 4 is 5.71 Å². The van der Waals surface area contributed by atoms with Crippen LogP contribution >= 0.6 is 0 Å². The average Bonchev–Trinajstić information content (AvgIpc) is 3.34. The summed E-state index contributed by atoms with van der Waals surface area (Å²) in [5.74, 6) is 3.87. The minimum atomic E-state index is -0.754. The Bertz CT molecular complexity index is 789. The molecule has 6 aliphatic rings. The molecule has 0 radical (unpaired) electrons. The fourth-order valence-electron chi connectivity index (χ4n) is 8.67. The van der Waals surface area contributed by atoms with Gasteiger partial charge < -0.3 is 20.2 Å². The summed E-state index contributed by atoms with van der Waals surface area (Å²) in [6, 6.07) is 0. The quantitative estimate of drug-likeness (QED) is 0.368. The maximum absolute atomic E-state index is 10.2. The summed E-state index contributed by atoms with van der Waals surface area (Å²) in [7, 11) is 0. The van der Waals surface area contributed by atoms with Gasteiger partial charge in [0.25, 0.3) is 0 Å². The van der Waals surface area contributed by atoms with Gasteiger partial charge in [0.15, 0.2) is 6.29 Å². The Hall–Kier alpha value is -1.17. The molecule has 3 N–H and O–H groups in total. The predicted octanol–water partition coefficient (Wildman–Crippen LogP) is 3.11. The van der Waals surface area contributed by atoms with Gasteiger partial charge in [0.05, 0.1) is 11.3 Å². The third kappa shape index (κ3) is 2.01. The van der Waals surface area contributed by atoms with Crippen LogP contribution in [0.2, 0.25) is 0 Å². The van der Waals surface area contributed by atoms with Gasteiger partial charge in [-0.1, -0.05) is 23.7 Å². The number of allylic oxidation sites excluding steroid dienone is 1. The summed E-state index contributed by atoms with van der Waals surface area (Å²) in [5.41, 5.74) is 1.91. The van der Waals surface area contributed by atoms with Gasteiger partial charge in [0, 0.05) is 17.9 Å². The van der Waals surface area contributed by atoms with Gasteiger partial charge in [-0.2, -0.15) is 0 Å². The second-order valence-electron chi connectivity index (χ2n) is 10.5. The Morgan fingerprint density at radius 3 is 2.79 bits per heavy atom. The molecule has 6 rings (SSSR count). The van der Waals surface area contributed by atoms with E-state index in [2.05, 4.69) is 24.2 Å². The van der Waals surface area contributed by atoms with E-state index in [0.29, 0.717) is 35.5 Å². The van der Waals surface area contributed by atoms with Crippen molar-refractivity contribution in [1.29, 1.82) is 0 Å². The first-order valence-corrected chi connectivity index (χ1v) is 11.1. The molecule has 0 aromatic heterocycles. The van der Waals surface area contributed by atoms with Gasteiger partial charge >= 0.3 is 0 Å². The second-order valence-corrected chi connectivity index (χ2v) is 10.5. The number of ether oxygens (including phenoxy) is 1. The topological polar surface area (TPSA) is 82.3 Å². The zero-order valence-electron chi connectivity index (χ0n) is 16.5. The third-order valence-corrected chi connectivity index (χ3v) is 9.68. The molecule has 0 bridgehead atoms. The fourth-order valence-corrected chi connectivity index (χ4v) is 8.67. The molecule has 152 valence electrons. The monoisotopic (exact) mass is 385 g/mol. The first-order valence-electron chi connectivity index (χ1n) is 11.1. The molecule has 4 unspecified atom stereocenters. The number of rotatable bonds is 1. The molecule has 28 heavy (non-hydrogen) atoms. The van der Waals surface area contributed by atoms with Crippen LogP contribution in [0.1, 0.15) is 45.4 Å². The van der Waals surface area contributed by atoms with E-state index in [0.717, 1.165) is 31.4 Å². The lowest BCUT2D eigenvalue weighted by molar-refractivity contribution is -0.196. The zero-order chi connectivity index (χ0) is 19.3.